The monoisotopic (exact) mass is 328 g/mol. The number of likely N-dealkylation sites (tertiary alicyclic amines) is 1. The lowest BCUT2D eigenvalue weighted by molar-refractivity contribution is -0.103. The van der Waals surface area contributed by atoms with Crippen LogP contribution < -0.4 is 5.73 Å². The van der Waals surface area contributed by atoms with Crippen molar-refractivity contribution in [1.82, 2.24) is 4.90 Å². The van der Waals surface area contributed by atoms with Gasteiger partial charge in [-0.05, 0) is 92.4 Å². The van der Waals surface area contributed by atoms with Gasteiger partial charge < -0.3 is 10.6 Å². The van der Waals surface area contributed by atoms with Gasteiger partial charge in [0.15, 0.2) is 0 Å². The first kappa shape index (κ1) is 15.9. The van der Waals surface area contributed by atoms with Crippen molar-refractivity contribution >= 4 is 0 Å². The van der Waals surface area contributed by atoms with Crippen molar-refractivity contribution in [3.63, 3.8) is 0 Å². The van der Waals surface area contributed by atoms with Crippen LogP contribution in [-0.4, -0.2) is 31.1 Å². The maximum absolute atomic E-state index is 6.33. The zero-order valence-electron chi connectivity index (χ0n) is 16.0. The van der Waals surface area contributed by atoms with Crippen molar-refractivity contribution in [3.05, 3.63) is 11.6 Å². The number of allylic oxidation sites excluding steroid dienone is 1. The lowest BCUT2D eigenvalue weighted by Gasteiger charge is -2.63. The Labute approximate surface area is 148 Å². The first-order valence-corrected chi connectivity index (χ1v) is 10.5. The molecular formula is C22H36N2. The van der Waals surface area contributed by atoms with E-state index in [4.69, 9.17) is 5.73 Å². The Hall–Kier alpha value is -0.340. The van der Waals surface area contributed by atoms with Crippen LogP contribution in [-0.2, 0) is 0 Å². The Bertz CT molecular complexity index is 583. The number of nitrogens with two attached hydrogens (primary N) is 1. The molecule has 2 nitrogen and oxygen atoms in total. The molecule has 1 aliphatic heterocycles. The van der Waals surface area contributed by atoms with E-state index in [0.29, 0.717) is 22.3 Å². The fraction of sp³-hybridized carbons (Fsp3) is 0.909. The van der Waals surface area contributed by atoms with E-state index in [1.807, 2.05) is 0 Å². The van der Waals surface area contributed by atoms with Crippen LogP contribution in [0.1, 0.15) is 65.2 Å². The summed E-state index contributed by atoms with van der Waals surface area (Å²) in [4.78, 5) is 2.64. The van der Waals surface area contributed by atoms with Gasteiger partial charge in [0, 0.05) is 19.1 Å². The summed E-state index contributed by atoms with van der Waals surface area (Å²) in [6.45, 7) is 8.04. The molecule has 1 heterocycles. The van der Waals surface area contributed by atoms with Crippen LogP contribution in [0.2, 0.25) is 0 Å². The first-order valence-electron chi connectivity index (χ1n) is 10.5. The average molecular weight is 329 g/mol. The molecule has 3 saturated carbocycles. The quantitative estimate of drug-likeness (QED) is 0.675. The average Bonchev–Trinajstić information content (AvgIpc) is 3.01. The molecule has 5 rings (SSSR count). The predicted octanol–water partition coefficient (Wildman–Crippen LogP) is 4.21. The second-order valence-electron chi connectivity index (χ2n) is 10.7. The lowest BCUT2D eigenvalue weighted by Crippen LogP contribution is -2.57. The van der Waals surface area contributed by atoms with Gasteiger partial charge in [0.1, 0.15) is 0 Å². The van der Waals surface area contributed by atoms with Crippen molar-refractivity contribution in [2.75, 3.05) is 20.1 Å². The summed E-state index contributed by atoms with van der Waals surface area (Å²) < 4.78 is 0. The summed E-state index contributed by atoms with van der Waals surface area (Å²) in [5.74, 6) is 2.85. The fourth-order valence-corrected chi connectivity index (χ4v) is 8.76. The van der Waals surface area contributed by atoms with Crippen LogP contribution in [0, 0.1) is 34.0 Å². The van der Waals surface area contributed by atoms with Crippen LogP contribution in [0.3, 0.4) is 0 Å². The van der Waals surface area contributed by atoms with Crippen LogP contribution in [0.4, 0.5) is 0 Å². The fourth-order valence-electron chi connectivity index (χ4n) is 8.76. The van der Waals surface area contributed by atoms with E-state index in [1.54, 1.807) is 5.57 Å². The summed E-state index contributed by atoms with van der Waals surface area (Å²) in [5.41, 5.74) is 9.71. The van der Waals surface area contributed by atoms with Crippen LogP contribution in [0.15, 0.2) is 11.6 Å². The molecule has 2 heteroatoms. The third-order valence-electron chi connectivity index (χ3n) is 9.71. The van der Waals surface area contributed by atoms with E-state index in [-0.39, 0.29) is 0 Å². The number of fused-ring (bicyclic) bond motifs is 4. The van der Waals surface area contributed by atoms with E-state index in [1.165, 1.54) is 64.5 Å². The minimum atomic E-state index is 0.419. The first-order chi connectivity index (χ1) is 11.4. The largest absolute Gasteiger partial charge is 0.327 e. The summed E-state index contributed by atoms with van der Waals surface area (Å²) in [5, 5.41) is 0. The highest BCUT2D eigenvalue weighted by molar-refractivity contribution is 5.28. The molecule has 134 valence electrons. The van der Waals surface area contributed by atoms with E-state index >= 15 is 0 Å². The molecule has 0 radical (unpaired) electrons. The topological polar surface area (TPSA) is 29.3 Å². The molecule has 0 unspecified atom stereocenters. The summed E-state index contributed by atoms with van der Waals surface area (Å²) in [7, 11) is 2.36. The molecule has 0 aromatic heterocycles. The Balaban J connectivity index is 1.55. The van der Waals surface area contributed by atoms with Gasteiger partial charge in [-0.25, -0.2) is 0 Å². The molecule has 0 aromatic carbocycles. The second kappa shape index (κ2) is 4.88. The van der Waals surface area contributed by atoms with Gasteiger partial charge in [0.2, 0.25) is 0 Å². The molecule has 0 aromatic rings. The van der Waals surface area contributed by atoms with Gasteiger partial charge in [-0.1, -0.05) is 25.5 Å². The molecule has 0 amide bonds. The third-order valence-corrected chi connectivity index (χ3v) is 9.71. The Morgan fingerprint density at radius 3 is 2.75 bits per heavy atom. The molecule has 0 bridgehead atoms. The Kier molecular flexibility index (Phi) is 3.23. The normalized spacial score (nSPS) is 56.9. The third kappa shape index (κ3) is 1.80. The summed E-state index contributed by atoms with van der Waals surface area (Å²) in [6, 6.07) is 0.419. The van der Waals surface area contributed by atoms with E-state index in [2.05, 4.69) is 31.9 Å². The van der Waals surface area contributed by atoms with Crippen molar-refractivity contribution in [2.45, 2.75) is 71.3 Å². The summed E-state index contributed by atoms with van der Waals surface area (Å²) >= 11 is 0. The smallest absolute Gasteiger partial charge is 0.00766 e. The predicted molar refractivity (Wildman–Crippen MR) is 99.6 cm³/mol. The number of rotatable bonds is 0. The number of hydrogen-bond donors (Lipinski definition) is 1. The SMILES string of the molecule is CN1C[C@H]2CC[C@H]3[C@]4(C)CC=C5C[C@@H](N)CC[C@]5(C)[C@H]4CC[C@]23C1. The number of nitrogens with zero attached hydrogens (tertiary/aromatic N) is 1. The van der Waals surface area contributed by atoms with Crippen LogP contribution >= 0.6 is 0 Å². The molecule has 5 aliphatic rings. The standard InChI is InChI=1S/C22H36N2/c1-20-10-7-17(23)12-15(20)6-9-21(2)18(20)8-11-22-14-24(3)13-16(22)4-5-19(21)22/h6,16-19H,4-5,7-14,23H2,1-3H3/t16-,17+,18-,19+,20+,21-,22+/m1/s1. The minimum absolute atomic E-state index is 0.419. The van der Waals surface area contributed by atoms with Gasteiger partial charge >= 0.3 is 0 Å². The highest BCUT2D eigenvalue weighted by Gasteiger charge is 2.66. The van der Waals surface area contributed by atoms with Gasteiger partial charge in [0.25, 0.3) is 0 Å². The van der Waals surface area contributed by atoms with Crippen molar-refractivity contribution in [2.24, 2.45) is 39.7 Å². The molecule has 4 fully saturated rings. The van der Waals surface area contributed by atoms with Gasteiger partial charge in [-0.3, -0.25) is 0 Å². The highest BCUT2D eigenvalue weighted by atomic mass is 15.1. The Morgan fingerprint density at radius 1 is 1.08 bits per heavy atom. The lowest BCUT2D eigenvalue weighted by atomic mass is 9.41. The maximum atomic E-state index is 6.33. The second-order valence-corrected chi connectivity index (χ2v) is 10.7. The molecule has 2 N–H and O–H groups in total. The molecule has 24 heavy (non-hydrogen) atoms. The van der Waals surface area contributed by atoms with Crippen molar-refractivity contribution < 1.29 is 0 Å². The van der Waals surface area contributed by atoms with E-state index in [0.717, 1.165) is 17.8 Å². The van der Waals surface area contributed by atoms with Crippen molar-refractivity contribution in [3.8, 4) is 0 Å². The highest BCUT2D eigenvalue weighted by Crippen LogP contribution is 2.72. The molecule has 4 aliphatic carbocycles. The molecule has 1 saturated heterocycles. The molecular weight excluding hydrogens is 292 g/mol. The minimum Gasteiger partial charge on any atom is -0.327 e. The van der Waals surface area contributed by atoms with Crippen LogP contribution in [0.5, 0.6) is 0 Å². The maximum Gasteiger partial charge on any atom is 0.00766 e. The number of hydrogen-bond acceptors (Lipinski definition) is 2. The Morgan fingerprint density at radius 2 is 1.92 bits per heavy atom. The van der Waals surface area contributed by atoms with Gasteiger partial charge in [0.05, 0.1) is 0 Å². The molecule has 7 atom stereocenters. The summed E-state index contributed by atoms with van der Waals surface area (Å²) in [6.07, 6.45) is 13.7. The zero-order valence-corrected chi connectivity index (χ0v) is 16.0. The van der Waals surface area contributed by atoms with E-state index in [9.17, 15) is 0 Å². The van der Waals surface area contributed by atoms with Gasteiger partial charge in [-0.2, -0.15) is 0 Å². The van der Waals surface area contributed by atoms with Gasteiger partial charge in [-0.15, -0.1) is 0 Å². The van der Waals surface area contributed by atoms with Crippen LogP contribution in [0.25, 0.3) is 0 Å². The zero-order chi connectivity index (χ0) is 16.7. The van der Waals surface area contributed by atoms with E-state index < -0.39 is 0 Å². The van der Waals surface area contributed by atoms with Crippen molar-refractivity contribution in [1.29, 1.82) is 0 Å². The molecule has 1 spiro atoms.